The summed E-state index contributed by atoms with van der Waals surface area (Å²) in [6, 6.07) is 17.8. The lowest BCUT2D eigenvalue weighted by Gasteiger charge is -2.40. The van der Waals surface area contributed by atoms with E-state index >= 15 is 0 Å². The van der Waals surface area contributed by atoms with E-state index in [9.17, 15) is 8.42 Å². The van der Waals surface area contributed by atoms with Gasteiger partial charge < -0.3 is 18.3 Å². The van der Waals surface area contributed by atoms with Gasteiger partial charge in [0.15, 0.2) is 27.8 Å². The van der Waals surface area contributed by atoms with Gasteiger partial charge in [-0.25, -0.2) is 18.1 Å². The lowest BCUT2D eigenvalue weighted by molar-refractivity contribution is -0.0383. The Morgan fingerprint density at radius 1 is 0.898 bits per heavy atom. The fraction of sp³-hybridized carbons (Fsp3) is 0.514. The van der Waals surface area contributed by atoms with Gasteiger partial charge >= 0.3 is 0 Å². The van der Waals surface area contributed by atoms with Crippen molar-refractivity contribution in [2.24, 2.45) is 0 Å². The summed E-state index contributed by atoms with van der Waals surface area (Å²) in [5.41, 5.74) is 1.70. The Balaban J connectivity index is 1.51. The molecule has 3 heterocycles. The highest BCUT2D eigenvalue weighted by Gasteiger charge is 2.47. The van der Waals surface area contributed by atoms with E-state index in [1.807, 2.05) is 34.9 Å². The number of fused-ring (bicyclic) bond motifs is 1. The molecule has 266 valence electrons. The molecule has 14 heteroatoms. The van der Waals surface area contributed by atoms with Gasteiger partial charge in [0.1, 0.15) is 18.9 Å². The van der Waals surface area contributed by atoms with Gasteiger partial charge in [-0.15, -0.1) is 0 Å². The summed E-state index contributed by atoms with van der Waals surface area (Å²) in [7, 11) is -8.25. The number of hydrogen-bond donors (Lipinski definition) is 1. The normalized spacial score (nSPS) is 19.3. The third kappa shape index (κ3) is 8.43. The average Bonchev–Trinajstić information content (AvgIpc) is 3.62. The minimum Gasteiger partial charge on any atom is -0.471 e. The Morgan fingerprint density at radius 2 is 1.51 bits per heavy atom. The molecule has 4 aromatic rings. The van der Waals surface area contributed by atoms with Crippen LogP contribution in [0, 0.1) is 0 Å². The fourth-order valence-electron chi connectivity index (χ4n) is 4.96. The van der Waals surface area contributed by atoms with E-state index in [0.717, 1.165) is 5.56 Å². The van der Waals surface area contributed by atoms with E-state index in [-0.39, 0.29) is 45.6 Å². The van der Waals surface area contributed by atoms with Gasteiger partial charge in [0.25, 0.3) is 10.0 Å². The molecule has 1 N–H and O–H groups in total. The maximum Gasteiger partial charge on any atom is 0.264 e. The quantitative estimate of drug-likeness (QED) is 0.145. The molecule has 0 saturated carbocycles. The molecule has 0 bridgehead atoms. The third-order valence-corrected chi connectivity index (χ3v) is 20.4. The summed E-state index contributed by atoms with van der Waals surface area (Å²) >= 11 is 0. The molecule has 49 heavy (non-hydrogen) atoms. The molecular formula is C35H51N5O6SSi2. The second-order valence-electron chi connectivity index (χ2n) is 15.7. The van der Waals surface area contributed by atoms with Crippen molar-refractivity contribution >= 4 is 43.8 Å². The minimum atomic E-state index is -3.99. The summed E-state index contributed by atoms with van der Waals surface area (Å²) in [6.07, 6.45) is 1.15. The number of rotatable bonds is 12. The molecule has 2 aromatic carbocycles. The number of benzene rings is 2. The Labute approximate surface area is 293 Å². The molecule has 1 saturated heterocycles. The molecule has 0 aliphatic carbocycles. The molecule has 0 unspecified atom stereocenters. The number of aromatic nitrogens is 4. The standard InChI is InChI=1S/C35H51N5O6SSi2/c1-34(2,3)48(7,8)44-23-28-27(46-49(9,10)35(4,5)6)21-29(45-28)40-24-36-30-31(40)37-33(39-47(41,42)26-19-15-12-16-20-26)38-32(30)43-22-25-17-13-11-14-18-25/h11-20,24,27-29H,21-23H2,1-10H3,(H,37,38,39)/t27-,28+,29+/m0/s1. The van der Waals surface area contributed by atoms with Crippen LogP contribution in [0.1, 0.15) is 59.8 Å². The van der Waals surface area contributed by atoms with Gasteiger partial charge in [0.2, 0.25) is 11.8 Å². The molecule has 0 spiro atoms. The van der Waals surface area contributed by atoms with Crippen molar-refractivity contribution in [2.75, 3.05) is 11.3 Å². The zero-order chi connectivity index (χ0) is 35.8. The second-order valence-corrected chi connectivity index (χ2v) is 27.0. The molecule has 1 aliphatic rings. The van der Waals surface area contributed by atoms with Gasteiger partial charge in [0.05, 0.1) is 23.9 Å². The van der Waals surface area contributed by atoms with Crippen molar-refractivity contribution in [2.45, 2.75) is 114 Å². The maximum atomic E-state index is 13.3. The van der Waals surface area contributed by atoms with Gasteiger partial charge in [0, 0.05) is 6.42 Å². The Kier molecular flexibility index (Phi) is 10.5. The smallest absolute Gasteiger partial charge is 0.264 e. The number of hydrogen-bond acceptors (Lipinski definition) is 9. The summed E-state index contributed by atoms with van der Waals surface area (Å²) < 4.78 is 57.6. The molecule has 1 fully saturated rings. The Morgan fingerprint density at radius 3 is 2.12 bits per heavy atom. The predicted molar refractivity (Wildman–Crippen MR) is 197 cm³/mol. The number of nitrogens with one attached hydrogen (secondary N) is 1. The third-order valence-electron chi connectivity index (χ3n) is 10.0. The van der Waals surface area contributed by atoms with Crippen LogP contribution >= 0.6 is 0 Å². The lowest BCUT2D eigenvalue weighted by Crippen LogP contribution is -2.48. The highest BCUT2D eigenvalue weighted by atomic mass is 32.2. The van der Waals surface area contributed by atoms with Gasteiger partial charge in [-0.1, -0.05) is 90.1 Å². The first-order chi connectivity index (χ1) is 22.8. The maximum absolute atomic E-state index is 13.3. The highest BCUT2D eigenvalue weighted by Crippen LogP contribution is 2.43. The van der Waals surface area contributed by atoms with Crippen LogP contribution < -0.4 is 9.46 Å². The van der Waals surface area contributed by atoms with Crippen molar-refractivity contribution in [1.82, 2.24) is 19.5 Å². The van der Waals surface area contributed by atoms with Crippen LogP contribution in [0.25, 0.3) is 11.2 Å². The first kappa shape index (κ1) is 37.1. The molecule has 0 radical (unpaired) electrons. The zero-order valence-electron chi connectivity index (χ0n) is 30.4. The van der Waals surface area contributed by atoms with Crippen molar-refractivity contribution < 1.29 is 26.7 Å². The second kappa shape index (κ2) is 13.9. The number of imidazole rings is 1. The SMILES string of the molecule is CC(C)(C)[Si](C)(C)OC[C@H]1O[C@@H](n2cnc3c(OCc4ccccc4)nc(NS(=O)(=O)c4ccccc4)nc32)C[C@@H]1O[Si](C)(C)C(C)(C)C. The summed E-state index contributed by atoms with van der Waals surface area (Å²) in [5, 5.41) is 0.0402. The topological polar surface area (TPSA) is 127 Å². The van der Waals surface area contributed by atoms with Crippen LogP contribution in [0.15, 0.2) is 71.9 Å². The van der Waals surface area contributed by atoms with E-state index < -0.39 is 32.9 Å². The van der Waals surface area contributed by atoms with Crippen molar-refractivity contribution in [3.63, 3.8) is 0 Å². The van der Waals surface area contributed by atoms with Crippen LogP contribution in [0.5, 0.6) is 5.88 Å². The average molecular weight is 726 g/mol. The zero-order valence-corrected chi connectivity index (χ0v) is 33.2. The first-order valence-electron chi connectivity index (χ1n) is 16.7. The van der Waals surface area contributed by atoms with Crippen LogP contribution in [0.2, 0.25) is 36.3 Å². The summed E-state index contributed by atoms with van der Waals surface area (Å²) in [5.74, 6) is 0.0225. The van der Waals surface area contributed by atoms with Crippen LogP contribution in [-0.2, 0) is 30.2 Å². The number of nitrogens with zero attached hydrogens (tertiary/aromatic N) is 4. The molecule has 2 aromatic heterocycles. The summed E-state index contributed by atoms with van der Waals surface area (Å²) in [6.45, 7) is 22.9. The predicted octanol–water partition coefficient (Wildman–Crippen LogP) is 7.91. The molecule has 5 rings (SSSR count). The highest BCUT2D eigenvalue weighted by molar-refractivity contribution is 7.92. The van der Waals surface area contributed by atoms with Crippen molar-refractivity contribution in [3.05, 3.63) is 72.6 Å². The van der Waals surface area contributed by atoms with E-state index in [2.05, 4.69) is 87.4 Å². The van der Waals surface area contributed by atoms with Crippen LogP contribution in [0.4, 0.5) is 5.95 Å². The van der Waals surface area contributed by atoms with Crippen molar-refractivity contribution in [1.29, 1.82) is 0 Å². The molecule has 0 amide bonds. The van der Waals surface area contributed by atoms with Gasteiger partial charge in [-0.3, -0.25) is 4.57 Å². The number of anilines is 1. The van der Waals surface area contributed by atoms with E-state index in [4.69, 9.17) is 18.3 Å². The molecule has 3 atom stereocenters. The Hall–Kier alpha value is -3.15. The van der Waals surface area contributed by atoms with Crippen LogP contribution in [-0.4, -0.2) is 63.4 Å². The number of sulfonamides is 1. The fourth-order valence-corrected chi connectivity index (χ4v) is 8.30. The van der Waals surface area contributed by atoms with E-state index in [1.54, 1.807) is 24.5 Å². The molecular weight excluding hydrogens is 675 g/mol. The monoisotopic (exact) mass is 725 g/mol. The van der Waals surface area contributed by atoms with Crippen LogP contribution in [0.3, 0.4) is 0 Å². The summed E-state index contributed by atoms with van der Waals surface area (Å²) in [4.78, 5) is 13.9. The molecule has 11 nitrogen and oxygen atoms in total. The van der Waals surface area contributed by atoms with Gasteiger partial charge in [-0.2, -0.15) is 9.97 Å². The lowest BCUT2D eigenvalue weighted by atomic mass is 10.2. The first-order valence-corrected chi connectivity index (χ1v) is 24.0. The van der Waals surface area contributed by atoms with E-state index in [1.165, 1.54) is 12.1 Å². The largest absolute Gasteiger partial charge is 0.471 e. The van der Waals surface area contributed by atoms with Gasteiger partial charge in [-0.05, 0) is 54.0 Å². The Bertz CT molecular complexity index is 1840. The minimum absolute atomic E-state index is 0.000656. The molecule has 1 aliphatic heterocycles. The van der Waals surface area contributed by atoms with E-state index in [0.29, 0.717) is 24.2 Å². The number of ether oxygens (including phenoxy) is 2. The van der Waals surface area contributed by atoms with Crippen molar-refractivity contribution in [3.8, 4) is 5.88 Å².